The zero-order chi connectivity index (χ0) is 22.0. The highest BCUT2D eigenvalue weighted by atomic mass is 32.2. The number of nitrogens with one attached hydrogen (secondary N) is 1. The smallest absolute Gasteiger partial charge is 0.252 e. The Balaban J connectivity index is 1.47. The van der Waals surface area contributed by atoms with Gasteiger partial charge in [0.1, 0.15) is 0 Å². The van der Waals surface area contributed by atoms with Crippen molar-refractivity contribution in [2.45, 2.75) is 24.8 Å². The molecule has 3 N–H and O–H groups in total. The number of nitrogens with two attached hydrogens (primary N) is 1. The fraction of sp³-hybridized carbons (Fsp3) is 0.190. The zero-order valence-electron chi connectivity index (χ0n) is 16.8. The number of primary sulfonamides is 1. The number of aromatic nitrogens is 3. The lowest BCUT2D eigenvalue weighted by Crippen LogP contribution is -2.26. The van der Waals surface area contributed by atoms with E-state index in [-0.39, 0.29) is 10.8 Å². The summed E-state index contributed by atoms with van der Waals surface area (Å²) in [4.78, 5) is 18.6. The number of fused-ring (bicyclic) bond motifs is 1. The highest BCUT2D eigenvalue weighted by molar-refractivity contribution is 7.89. The molecule has 1 amide bonds. The Morgan fingerprint density at radius 3 is 2.68 bits per heavy atom. The Morgan fingerprint density at radius 1 is 1.23 bits per heavy atom. The van der Waals surface area contributed by atoms with Gasteiger partial charge >= 0.3 is 0 Å². The van der Waals surface area contributed by atoms with E-state index in [2.05, 4.69) is 15.4 Å². The minimum atomic E-state index is -3.71. The largest absolute Gasteiger partial charge is 0.352 e. The van der Waals surface area contributed by atoms with Crippen molar-refractivity contribution >= 4 is 38.3 Å². The average Bonchev–Trinajstić information content (AvgIpc) is 3.38. The molecule has 160 valence electrons. The van der Waals surface area contributed by atoms with E-state index in [1.807, 2.05) is 24.4 Å². The standard InChI is InChI=1S/C21H21N5O3S2/c1-14-11-18(19-12-24-26(20(19)25-14)13-16-3-2-10-30-16)21(27)23-9-8-15-4-6-17(7-5-15)31(22,28)29/h2-7,10-12H,8-9,13H2,1H3,(H,23,27)(H2,22,28,29). The van der Waals surface area contributed by atoms with Gasteiger partial charge in [-0.15, -0.1) is 11.3 Å². The number of carbonyl (C=O) groups is 1. The van der Waals surface area contributed by atoms with Crippen molar-refractivity contribution in [1.29, 1.82) is 0 Å². The SMILES string of the molecule is Cc1cc(C(=O)NCCc2ccc(S(N)(=O)=O)cc2)c2cnn(Cc3cccs3)c2n1. The van der Waals surface area contributed by atoms with Gasteiger partial charge in [0.2, 0.25) is 10.0 Å². The van der Waals surface area contributed by atoms with Crippen LogP contribution in [0.4, 0.5) is 0 Å². The summed E-state index contributed by atoms with van der Waals surface area (Å²) in [5.74, 6) is -0.202. The van der Waals surface area contributed by atoms with Gasteiger partial charge in [0.05, 0.1) is 28.6 Å². The summed E-state index contributed by atoms with van der Waals surface area (Å²) in [6.07, 6.45) is 2.23. The molecule has 10 heteroatoms. The summed E-state index contributed by atoms with van der Waals surface area (Å²) in [5.41, 5.74) is 2.85. The van der Waals surface area contributed by atoms with Crippen molar-refractivity contribution < 1.29 is 13.2 Å². The fourth-order valence-electron chi connectivity index (χ4n) is 3.29. The molecular formula is C21H21N5O3S2. The second-order valence-electron chi connectivity index (χ2n) is 7.12. The van der Waals surface area contributed by atoms with Crippen molar-refractivity contribution in [2.75, 3.05) is 6.54 Å². The number of hydrogen-bond donors (Lipinski definition) is 2. The van der Waals surface area contributed by atoms with E-state index in [0.29, 0.717) is 36.1 Å². The van der Waals surface area contributed by atoms with Crippen LogP contribution < -0.4 is 10.5 Å². The number of pyridine rings is 1. The molecule has 0 atom stereocenters. The molecule has 0 aliphatic heterocycles. The predicted octanol–water partition coefficient (Wildman–Crippen LogP) is 2.47. The molecule has 0 radical (unpaired) electrons. The van der Waals surface area contributed by atoms with Crippen molar-refractivity contribution in [3.8, 4) is 0 Å². The third-order valence-corrected chi connectivity index (χ3v) is 6.61. The maximum Gasteiger partial charge on any atom is 0.252 e. The number of amides is 1. The maximum atomic E-state index is 12.8. The van der Waals surface area contributed by atoms with Crippen LogP contribution in [0.15, 0.2) is 58.9 Å². The molecule has 4 aromatic rings. The summed E-state index contributed by atoms with van der Waals surface area (Å²) < 4.78 is 24.5. The molecular weight excluding hydrogens is 434 g/mol. The van der Waals surface area contributed by atoms with Gasteiger partial charge in [-0.1, -0.05) is 18.2 Å². The van der Waals surface area contributed by atoms with Gasteiger partial charge in [-0.25, -0.2) is 23.2 Å². The second kappa shape index (κ2) is 8.58. The molecule has 1 aromatic carbocycles. The van der Waals surface area contributed by atoms with Gasteiger partial charge < -0.3 is 5.32 Å². The Hall–Kier alpha value is -3.08. The molecule has 0 spiro atoms. The summed E-state index contributed by atoms with van der Waals surface area (Å²) in [6.45, 7) is 2.86. The van der Waals surface area contributed by atoms with Crippen LogP contribution in [0.1, 0.15) is 26.5 Å². The third kappa shape index (κ3) is 4.82. The van der Waals surface area contributed by atoms with Crippen LogP contribution in [0.2, 0.25) is 0 Å². The van der Waals surface area contributed by atoms with E-state index < -0.39 is 10.0 Å². The molecule has 3 heterocycles. The molecule has 0 aliphatic carbocycles. The topological polar surface area (TPSA) is 120 Å². The number of aryl methyl sites for hydroxylation is 1. The minimum absolute atomic E-state index is 0.0644. The van der Waals surface area contributed by atoms with Crippen LogP contribution >= 0.6 is 11.3 Å². The molecule has 8 nitrogen and oxygen atoms in total. The predicted molar refractivity (Wildman–Crippen MR) is 120 cm³/mol. The van der Waals surface area contributed by atoms with Crippen LogP contribution in [0.5, 0.6) is 0 Å². The summed E-state index contributed by atoms with van der Waals surface area (Å²) in [5, 5.41) is 15.2. The van der Waals surface area contributed by atoms with E-state index in [4.69, 9.17) is 5.14 Å². The van der Waals surface area contributed by atoms with Gasteiger partial charge in [0.25, 0.3) is 5.91 Å². The van der Waals surface area contributed by atoms with Crippen LogP contribution in [0.3, 0.4) is 0 Å². The summed E-state index contributed by atoms with van der Waals surface area (Å²) in [7, 11) is -3.71. The highest BCUT2D eigenvalue weighted by Gasteiger charge is 2.16. The first-order chi connectivity index (χ1) is 14.8. The van der Waals surface area contributed by atoms with Crippen LogP contribution in [0.25, 0.3) is 11.0 Å². The number of benzene rings is 1. The van der Waals surface area contributed by atoms with Gasteiger partial charge in [-0.05, 0) is 48.6 Å². The van der Waals surface area contributed by atoms with Crippen LogP contribution in [-0.2, 0) is 23.0 Å². The Morgan fingerprint density at radius 2 is 2.00 bits per heavy atom. The first kappa shape index (κ1) is 21.2. The van der Waals surface area contributed by atoms with Crippen molar-refractivity contribution in [1.82, 2.24) is 20.1 Å². The van der Waals surface area contributed by atoms with E-state index >= 15 is 0 Å². The Kier molecular flexibility index (Phi) is 5.86. The van der Waals surface area contributed by atoms with Crippen LogP contribution in [0, 0.1) is 6.92 Å². The van der Waals surface area contributed by atoms with Crippen molar-refractivity contribution in [3.63, 3.8) is 0 Å². The zero-order valence-corrected chi connectivity index (χ0v) is 18.4. The summed E-state index contributed by atoms with van der Waals surface area (Å²) >= 11 is 1.65. The first-order valence-corrected chi connectivity index (χ1v) is 12.0. The molecule has 0 unspecified atom stereocenters. The van der Waals surface area contributed by atoms with Crippen molar-refractivity contribution in [2.24, 2.45) is 5.14 Å². The lowest BCUT2D eigenvalue weighted by Gasteiger charge is -2.08. The Bertz CT molecular complexity index is 1330. The normalized spacial score (nSPS) is 11.7. The van der Waals surface area contributed by atoms with Gasteiger partial charge in [-0.2, -0.15) is 5.10 Å². The Labute approximate surface area is 183 Å². The number of nitrogens with zero attached hydrogens (tertiary/aromatic N) is 3. The number of rotatable bonds is 7. The van der Waals surface area contributed by atoms with Gasteiger partial charge in [-0.3, -0.25) is 4.79 Å². The number of carbonyl (C=O) groups excluding carboxylic acids is 1. The molecule has 31 heavy (non-hydrogen) atoms. The summed E-state index contributed by atoms with van der Waals surface area (Å²) in [6, 6.07) is 12.1. The van der Waals surface area contributed by atoms with E-state index in [1.54, 1.807) is 40.4 Å². The molecule has 3 aromatic heterocycles. The quantitative estimate of drug-likeness (QED) is 0.444. The minimum Gasteiger partial charge on any atom is -0.352 e. The van der Waals surface area contributed by atoms with E-state index in [0.717, 1.165) is 16.1 Å². The molecule has 0 saturated heterocycles. The molecule has 0 saturated carbocycles. The monoisotopic (exact) mass is 455 g/mol. The lowest BCUT2D eigenvalue weighted by atomic mass is 10.1. The van der Waals surface area contributed by atoms with Gasteiger partial charge in [0.15, 0.2) is 5.65 Å². The number of hydrogen-bond acceptors (Lipinski definition) is 6. The van der Waals surface area contributed by atoms with E-state index in [9.17, 15) is 13.2 Å². The molecule has 4 rings (SSSR count). The highest BCUT2D eigenvalue weighted by Crippen LogP contribution is 2.20. The number of sulfonamides is 1. The molecule has 0 aliphatic rings. The lowest BCUT2D eigenvalue weighted by molar-refractivity contribution is 0.0955. The molecule has 0 fully saturated rings. The van der Waals surface area contributed by atoms with E-state index in [1.165, 1.54) is 12.1 Å². The third-order valence-electron chi connectivity index (χ3n) is 4.82. The maximum absolute atomic E-state index is 12.8. The first-order valence-electron chi connectivity index (χ1n) is 9.57. The molecule has 0 bridgehead atoms. The van der Waals surface area contributed by atoms with Crippen molar-refractivity contribution in [3.05, 3.63) is 75.7 Å². The number of thiophene rings is 1. The van der Waals surface area contributed by atoms with Crippen LogP contribution in [-0.4, -0.2) is 35.6 Å². The second-order valence-corrected chi connectivity index (χ2v) is 9.72. The fourth-order valence-corrected chi connectivity index (χ4v) is 4.49. The average molecular weight is 456 g/mol. The van der Waals surface area contributed by atoms with Gasteiger partial charge in [0, 0.05) is 17.1 Å².